The number of unbranched alkanes of at least 4 members (excludes halogenated alkanes) is 9. The average Bonchev–Trinajstić information content (AvgIpc) is 3.46. The van der Waals surface area contributed by atoms with Crippen LogP contribution in [0.5, 0.6) is 0 Å². The standard InChI is InChI=1S/C57H111N9O15/c1-64(25-34-76-43-46-79-40-37-70-4)22-31-73-28-16-10-7-13-19-58-55(67)61-52-49-53(62-56(68)59-20-14-8-11-17-29-74-32-23-65(2)26-35-77-44-47-80-41-38-71-5)51-54(50-52)63-57(69)60-21-15-9-12-18-30-75-33-24-66(3)27-36-78-45-48-81-42-39-72-6/h49-51H,7-48H2,1-6H3,(H2,58,61,67)(H2,59,62,68)(H2,60,63,69). The molecule has 1 aromatic carbocycles. The van der Waals surface area contributed by atoms with E-state index in [1.165, 1.54) is 0 Å². The first-order valence-electron chi connectivity index (χ1n) is 29.7. The van der Waals surface area contributed by atoms with E-state index in [0.29, 0.717) is 175 Å². The third kappa shape index (κ3) is 52.9. The van der Waals surface area contributed by atoms with E-state index in [0.717, 1.165) is 116 Å². The summed E-state index contributed by atoms with van der Waals surface area (Å²) in [7, 11) is 11.1. The first-order chi connectivity index (χ1) is 39.7. The van der Waals surface area contributed by atoms with Gasteiger partial charge in [0.2, 0.25) is 0 Å². The summed E-state index contributed by atoms with van der Waals surface area (Å²) in [5.74, 6) is 0. The van der Waals surface area contributed by atoms with E-state index >= 15 is 0 Å². The zero-order chi connectivity index (χ0) is 58.7. The van der Waals surface area contributed by atoms with Crippen molar-refractivity contribution < 1.29 is 71.2 Å². The molecule has 24 heteroatoms. The molecule has 0 aromatic heterocycles. The first kappa shape index (κ1) is 75.4. The summed E-state index contributed by atoms with van der Waals surface area (Å²) in [6.07, 6.45) is 11.1. The average molecular weight is 1160 g/mol. The lowest BCUT2D eigenvalue weighted by atomic mass is 10.2. The van der Waals surface area contributed by atoms with Crippen LogP contribution in [0.3, 0.4) is 0 Å². The largest absolute Gasteiger partial charge is 0.382 e. The molecule has 0 saturated carbocycles. The van der Waals surface area contributed by atoms with Gasteiger partial charge in [0.25, 0.3) is 0 Å². The van der Waals surface area contributed by atoms with Gasteiger partial charge in [0.05, 0.1) is 119 Å². The van der Waals surface area contributed by atoms with Crippen molar-refractivity contribution in [2.75, 3.05) is 256 Å². The third-order valence-electron chi connectivity index (χ3n) is 12.3. The van der Waals surface area contributed by atoms with Gasteiger partial charge in [-0.3, -0.25) is 0 Å². The number of amides is 6. The maximum atomic E-state index is 13.0. The Morgan fingerprint density at radius 1 is 0.296 bits per heavy atom. The second-order valence-electron chi connectivity index (χ2n) is 19.6. The fourth-order valence-electron chi connectivity index (χ4n) is 7.38. The third-order valence-corrected chi connectivity index (χ3v) is 12.3. The molecule has 0 fully saturated rings. The summed E-state index contributed by atoms with van der Waals surface area (Å²) >= 11 is 0. The van der Waals surface area contributed by atoms with Crippen LogP contribution >= 0.6 is 0 Å². The van der Waals surface area contributed by atoms with Gasteiger partial charge in [-0.2, -0.15) is 0 Å². The number of methoxy groups -OCH3 is 3. The number of ether oxygens (including phenoxy) is 12. The maximum Gasteiger partial charge on any atom is 0.319 e. The Balaban J connectivity index is 2.44. The Hall–Kier alpha value is -3.57. The first-order valence-corrected chi connectivity index (χ1v) is 29.7. The second kappa shape index (κ2) is 58.2. The van der Waals surface area contributed by atoms with E-state index in [1.807, 2.05) is 0 Å². The number of hydrogen-bond acceptors (Lipinski definition) is 18. The van der Waals surface area contributed by atoms with Gasteiger partial charge < -0.3 is 103 Å². The molecule has 0 bridgehead atoms. The number of nitrogens with one attached hydrogen (secondary N) is 6. The molecule has 0 aliphatic heterocycles. The topological polar surface area (TPSA) is 244 Å². The number of nitrogens with zero attached hydrogens (tertiary/aromatic N) is 3. The number of hydrogen-bond donors (Lipinski definition) is 6. The van der Waals surface area contributed by atoms with Gasteiger partial charge >= 0.3 is 18.1 Å². The number of urea groups is 3. The summed E-state index contributed by atoms with van der Waals surface area (Å²) in [5.41, 5.74) is 1.24. The zero-order valence-corrected chi connectivity index (χ0v) is 50.9. The summed E-state index contributed by atoms with van der Waals surface area (Å²) in [6.45, 7) is 19.3. The van der Waals surface area contributed by atoms with Crippen LogP contribution in [-0.2, 0) is 56.8 Å². The lowest BCUT2D eigenvalue weighted by Gasteiger charge is -2.16. The SMILES string of the molecule is COCCOCCOCCN(C)CCOCCCCCCNC(=O)Nc1cc(NC(=O)NCCCCCCOCCN(C)CCOCCOCCOC)cc(NC(=O)NCCCCCCOCCN(C)CCOCCOCCOC)c1. The van der Waals surface area contributed by atoms with Gasteiger partial charge in [0, 0.05) is 117 Å². The highest BCUT2D eigenvalue weighted by Crippen LogP contribution is 2.23. The maximum absolute atomic E-state index is 13.0. The molecule has 0 saturated heterocycles. The number of likely N-dealkylation sites (N-methyl/N-ethyl adjacent to an activating group) is 3. The molecule has 24 nitrogen and oxygen atoms in total. The molecular formula is C57H111N9O15. The predicted molar refractivity (Wildman–Crippen MR) is 318 cm³/mol. The zero-order valence-electron chi connectivity index (χ0n) is 50.9. The normalized spacial score (nSPS) is 11.5. The molecule has 0 unspecified atom stereocenters. The van der Waals surface area contributed by atoms with Gasteiger partial charge in [0.1, 0.15) is 0 Å². The molecule has 1 rings (SSSR count). The minimum absolute atomic E-state index is 0.384. The highest BCUT2D eigenvalue weighted by Gasteiger charge is 2.11. The summed E-state index contributed by atoms with van der Waals surface area (Å²) < 4.78 is 65.4. The van der Waals surface area contributed by atoms with Crippen LogP contribution in [0, 0.1) is 0 Å². The molecule has 6 N–H and O–H groups in total. The number of benzene rings is 1. The summed E-state index contributed by atoms with van der Waals surface area (Å²) in [6, 6.07) is 3.83. The molecule has 0 atom stereocenters. The van der Waals surface area contributed by atoms with Crippen LogP contribution in [0.25, 0.3) is 0 Å². The van der Waals surface area contributed by atoms with Crippen molar-refractivity contribution >= 4 is 35.2 Å². The van der Waals surface area contributed by atoms with Gasteiger partial charge in [-0.15, -0.1) is 0 Å². The number of anilines is 3. The molecule has 0 spiro atoms. The van der Waals surface area contributed by atoms with E-state index in [-0.39, 0.29) is 18.1 Å². The van der Waals surface area contributed by atoms with Crippen molar-refractivity contribution in [2.45, 2.75) is 77.0 Å². The van der Waals surface area contributed by atoms with Gasteiger partial charge in [0.15, 0.2) is 0 Å². The van der Waals surface area contributed by atoms with Crippen molar-refractivity contribution in [3.05, 3.63) is 18.2 Å². The van der Waals surface area contributed by atoms with Crippen molar-refractivity contribution in [1.29, 1.82) is 0 Å². The molecule has 474 valence electrons. The van der Waals surface area contributed by atoms with Crippen LogP contribution in [-0.4, -0.2) is 273 Å². The van der Waals surface area contributed by atoms with Gasteiger partial charge in [-0.1, -0.05) is 38.5 Å². The Labute approximate surface area is 486 Å². The van der Waals surface area contributed by atoms with Crippen LogP contribution in [0.1, 0.15) is 77.0 Å². The molecule has 0 aliphatic rings. The molecule has 1 aromatic rings. The van der Waals surface area contributed by atoms with Crippen LogP contribution in [0.15, 0.2) is 18.2 Å². The smallest absolute Gasteiger partial charge is 0.319 e. The Kier molecular flexibility index (Phi) is 54.2. The number of carbonyl (C=O) groups excluding carboxylic acids is 3. The van der Waals surface area contributed by atoms with Crippen molar-refractivity contribution in [3.8, 4) is 0 Å². The molecular weight excluding hydrogens is 1050 g/mol. The second-order valence-corrected chi connectivity index (χ2v) is 19.6. The predicted octanol–water partition coefficient (Wildman–Crippen LogP) is 5.62. The Bertz CT molecular complexity index is 1400. The van der Waals surface area contributed by atoms with Crippen molar-refractivity contribution in [1.82, 2.24) is 30.7 Å². The lowest BCUT2D eigenvalue weighted by molar-refractivity contribution is 0.0190. The van der Waals surface area contributed by atoms with E-state index in [2.05, 4.69) is 67.7 Å². The quantitative estimate of drug-likeness (QED) is 0.0434. The van der Waals surface area contributed by atoms with E-state index < -0.39 is 0 Å². The van der Waals surface area contributed by atoms with Crippen molar-refractivity contribution in [2.24, 2.45) is 0 Å². The Morgan fingerprint density at radius 2 is 0.506 bits per heavy atom. The van der Waals surface area contributed by atoms with E-state index in [1.54, 1.807) is 39.5 Å². The van der Waals surface area contributed by atoms with Gasteiger partial charge in [-0.05, 0) is 77.9 Å². The number of rotatable bonds is 60. The highest BCUT2D eigenvalue weighted by atomic mass is 16.6. The van der Waals surface area contributed by atoms with Crippen molar-refractivity contribution in [3.63, 3.8) is 0 Å². The molecule has 0 radical (unpaired) electrons. The van der Waals surface area contributed by atoms with Crippen LogP contribution in [0.2, 0.25) is 0 Å². The van der Waals surface area contributed by atoms with Crippen LogP contribution in [0.4, 0.5) is 31.4 Å². The van der Waals surface area contributed by atoms with E-state index in [4.69, 9.17) is 56.8 Å². The van der Waals surface area contributed by atoms with Crippen LogP contribution < -0.4 is 31.9 Å². The Morgan fingerprint density at radius 3 is 0.753 bits per heavy atom. The molecule has 81 heavy (non-hydrogen) atoms. The highest BCUT2D eigenvalue weighted by molar-refractivity contribution is 5.96. The molecule has 0 heterocycles. The molecule has 0 aliphatic carbocycles. The fraction of sp³-hybridized carbons (Fsp3) is 0.842. The molecule has 6 amide bonds. The summed E-state index contributed by atoms with van der Waals surface area (Å²) in [4.78, 5) is 45.6. The number of carbonyl (C=O) groups is 3. The summed E-state index contributed by atoms with van der Waals surface area (Å²) in [5, 5.41) is 17.4. The van der Waals surface area contributed by atoms with Gasteiger partial charge in [-0.25, -0.2) is 14.4 Å². The minimum Gasteiger partial charge on any atom is -0.382 e. The fourth-order valence-corrected chi connectivity index (χ4v) is 7.38. The lowest BCUT2D eigenvalue weighted by Crippen LogP contribution is -2.31. The van der Waals surface area contributed by atoms with E-state index in [9.17, 15) is 14.4 Å². The minimum atomic E-state index is -0.384. The monoisotopic (exact) mass is 1160 g/mol.